The van der Waals surface area contributed by atoms with Gasteiger partial charge in [0.2, 0.25) is 11.7 Å². The fourth-order valence-corrected chi connectivity index (χ4v) is 3.41. The van der Waals surface area contributed by atoms with Gasteiger partial charge in [-0.25, -0.2) is 9.20 Å². The Morgan fingerprint density at radius 3 is 2.54 bits per heavy atom. The van der Waals surface area contributed by atoms with Gasteiger partial charge < -0.3 is 5.11 Å². The predicted molar refractivity (Wildman–Crippen MR) is 104 cm³/mol. The summed E-state index contributed by atoms with van der Waals surface area (Å²) >= 11 is 0. The third kappa shape index (κ3) is 2.55. The summed E-state index contributed by atoms with van der Waals surface area (Å²) in [7, 11) is 1.47. The number of nitrogens with one attached hydrogen (secondary N) is 1. The summed E-state index contributed by atoms with van der Waals surface area (Å²) in [5.41, 5.74) is -0.465. The monoisotopic (exact) mass is 381 g/mol. The van der Waals surface area contributed by atoms with Crippen LogP contribution in [0.3, 0.4) is 0 Å². The molecular weight excluding hydrogens is 362 g/mol. The molecule has 0 saturated carbocycles. The number of fused-ring (bicyclic) bond motifs is 3. The molecule has 3 aromatic heterocycles. The van der Waals surface area contributed by atoms with Crippen molar-refractivity contribution in [1.29, 1.82) is 0 Å². The minimum atomic E-state index is -0.673. The van der Waals surface area contributed by atoms with Crippen LogP contribution in [0.4, 0.5) is 0 Å². The van der Waals surface area contributed by atoms with Crippen LogP contribution in [0, 0.1) is 0 Å². The number of benzene rings is 1. The summed E-state index contributed by atoms with van der Waals surface area (Å²) in [5.74, 6) is -0.217. The average molecular weight is 381 g/mol. The van der Waals surface area contributed by atoms with Crippen LogP contribution in [0.15, 0.2) is 44.7 Å². The molecule has 1 aromatic carbocycles. The molecule has 0 aliphatic heterocycles. The summed E-state index contributed by atoms with van der Waals surface area (Å²) in [6, 6.07) is 9.35. The molecule has 0 saturated heterocycles. The fourth-order valence-electron chi connectivity index (χ4n) is 3.41. The molecule has 0 atom stereocenters. The van der Waals surface area contributed by atoms with Gasteiger partial charge in [-0.05, 0) is 12.0 Å². The number of H-pyrrole nitrogens is 1. The van der Waals surface area contributed by atoms with Crippen molar-refractivity contribution in [3.63, 3.8) is 0 Å². The molecule has 0 spiro atoms. The summed E-state index contributed by atoms with van der Waals surface area (Å²) in [6.45, 7) is 2.11. The van der Waals surface area contributed by atoms with E-state index >= 15 is 0 Å². The Bertz CT molecular complexity index is 1380. The average Bonchev–Trinajstić information content (AvgIpc) is 3.09. The molecule has 2 N–H and O–H groups in total. The SMILES string of the molecule is CCCc1c(O)n2c3c(=O)[nH]c(=O)n(C)c3nc2n(Cc2ccccc2)c1=O. The lowest BCUT2D eigenvalue weighted by molar-refractivity contribution is 0.433. The Labute approximate surface area is 158 Å². The molecule has 0 aliphatic rings. The van der Waals surface area contributed by atoms with Gasteiger partial charge in [0, 0.05) is 7.05 Å². The Morgan fingerprint density at radius 2 is 1.86 bits per heavy atom. The van der Waals surface area contributed by atoms with Crippen LogP contribution in [0.5, 0.6) is 5.88 Å². The molecule has 144 valence electrons. The highest BCUT2D eigenvalue weighted by atomic mass is 16.3. The Kier molecular flexibility index (Phi) is 4.14. The number of imidazole rings is 1. The van der Waals surface area contributed by atoms with Gasteiger partial charge in [-0.1, -0.05) is 43.7 Å². The van der Waals surface area contributed by atoms with E-state index < -0.39 is 11.2 Å². The Morgan fingerprint density at radius 1 is 1.14 bits per heavy atom. The summed E-state index contributed by atoms with van der Waals surface area (Å²) in [5, 5.41) is 10.8. The van der Waals surface area contributed by atoms with E-state index in [2.05, 4.69) is 9.97 Å². The van der Waals surface area contributed by atoms with Crippen molar-refractivity contribution in [2.45, 2.75) is 26.3 Å². The molecule has 0 fully saturated rings. The zero-order valence-electron chi connectivity index (χ0n) is 15.5. The molecule has 0 unspecified atom stereocenters. The van der Waals surface area contributed by atoms with Gasteiger partial charge in [-0.15, -0.1) is 0 Å². The molecule has 4 rings (SSSR count). The van der Waals surface area contributed by atoms with E-state index in [-0.39, 0.29) is 40.5 Å². The first-order chi connectivity index (χ1) is 13.4. The number of aryl methyl sites for hydroxylation is 1. The van der Waals surface area contributed by atoms with Crippen molar-refractivity contribution in [1.82, 2.24) is 23.5 Å². The van der Waals surface area contributed by atoms with Crippen LogP contribution in [0.25, 0.3) is 16.9 Å². The quantitative estimate of drug-likeness (QED) is 0.541. The van der Waals surface area contributed by atoms with E-state index in [1.54, 1.807) is 0 Å². The molecule has 0 bridgehead atoms. The normalized spacial score (nSPS) is 11.5. The summed E-state index contributed by atoms with van der Waals surface area (Å²) in [4.78, 5) is 44.1. The van der Waals surface area contributed by atoms with E-state index in [1.807, 2.05) is 37.3 Å². The number of hydrogen-bond acceptors (Lipinski definition) is 5. The van der Waals surface area contributed by atoms with Crippen molar-refractivity contribution in [2.24, 2.45) is 7.05 Å². The maximum Gasteiger partial charge on any atom is 0.329 e. The molecule has 0 amide bonds. The highest BCUT2D eigenvalue weighted by Crippen LogP contribution is 2.22. The van der Waals surface area contributed by atoms with Crippen LogP contribution < -0.4 is 16.8 Å². The van der Waals surface area contributed by atoms with Gasteiger partial charge in [-0.2, -0.15) is 4.98 Å². The Hall–Kier alpha value is -3.62. The first-order valence-corrected chi connectivity index (χ1v) is 8.94. The zero-order chi connectivity index (χ0) is 20.0. The van der Waals surface area contributed by atoms with Crippen molar-refractivity contribution >= 4 is 16.9 Å². The van der Waals surface area contributed by atoms with Gasteiger partial charge in [0.05, 0.1) is 12.1 Å². The van der Waals surface area contributed by atoms with Crippen LogP contribution in [0.1, 0.15) is 24.5 Å². The summed E-state index contributed by atoms with van der Waals surface area (Å²) < 4.78 is 3.85. The lowest BCUT2D eigenvalue weighted by atomic mass is 10.1. The molecule has 9 nitrogen and oxygen atoms in total. The second kappa shape index (κ2) is 6.52. The second-order valence-electron chi connectivity index (χ2n) is 6.67. The smallest absolute Gasteiger partial charge is 0.329 e. The Balaban J connectivity index is 2.19. The molecule has 4 aromatic rings. The highest BCUT2D eigenvalue weighted by Gasteiger charge is 2.23. The van der Waals surface area contributed by atoms with Gasteiger partial charge in [0.25, 0.3) is 11.1 Å². The second-order valence-corrected chi connectivity index (χ2v) is 6.67. The third-order valence-corrected chi connectivity index (χ3v) is 4.81. The molecule has 0 radical (unpaired) electrons. The molecule has 28 heavy (non-hydrogen) atoms. The fraction of sp³-hybridized carbons (Fsp3) is 0.263. The molecular formula is C19H19N5O4. The standard InChI is InChI=1S/C19H19N5O4/c1-3-7-12-16(26)23(10-11-8-5-4-6-9-11)18-20-14-13(24(18)17(12)27)15(25)21-19(28)22(14)2/h4-6,8-9,27H,3,7,10H2,1-2H3,(H,21,25,28). The molecule has 0 aliphatic carbocycles. The minimum Gasteiger partial charge on any atom is -0.494 e. The van der Waals surface area contributed by atoms with Crippen LogP contribution in [-0.2, 0) is 20.0 Å². The maximum atomic E-state index is 13.1. The van der Waals surface area contributed by atoms with E-state index in [0.29, 0.717) is 12.8 Å². The third-order valence-electron chi connectivity index (χ3n) is 4.81. The van der Waals surface area contributed by atoms with E-state index in [4.69, 9.17) is 0 Å². The topological polar surface area (TPSA) is 114 Å². The number of aromatic amines is 1. The van der Waals surface area contributed by atoms with Crippen LogP contribution >= 0.6 is 0 Å². The minimum absolute atomic E-state index is 0.0220. The number of aromatic hydroxyl groups is 1. The van der Waals surface area contributed by atoms with Gasteiger partial charge in [0.1, 0.15) is 0 Å². The number of hydrogen-bond donors (Lipinski definition) is 2. The first kappa shape index (κ1) is 17.8. The first-order valence-electron chi connectivity index (χ1n) is 8.94. The van der Waals surface area contributed by atoms with Gasteiger partial charge >= 0.3 is 5.69 Å². The number of nitrogens with zero attached hydrogens (tertiary/aromatic N) is 4. The van der Waals surface area contributed by atoms with Gasteiger partial charge in [0.15, 0.2) is 11.2 Å². The van der Waals surface area contributed by atoms with Crippen molar-refractivity contribution in [3.8, 4) is 5.88 Å². The number of aromatic nitrogens is 5. The van der Waals surface area contributed by atoms with Crippen LogP contribution in [0.2, 0.25) is 0 Å². The highest BCUT2D eigenvalue weighted by molar-refractivity contribution is 5.76. The predicted octanol–water partition coefficient (Wildman–Crippen LogP) is 0.743. The van der Waals surface area contributed by atoms with Crippen molar-refractivity contribution in [2.75, 3.05) is 0 Å². The van der Waals surface area contributed by atoms with E-state index in [9.17, 15) is 19.5 Å². The van der Waals surface area contributed by atoms with Crippen molar-refractivity contribution in [3.05, 3.63) is 72.7 Å². The largest absolute Gasteiger partial charge is 0.494 e. The van der Waals surface area contributed by atoms with Crippen LogP contribution in [-0.4, -0.2) is 28.6 Å². The van der Waals surface area contributed by atoms with Gasteiger partial charge in [-0.3, -0.25) is 23.7 Å². The zero-order valence-corrected chi connectivity index (χ0v) is 15.5. The lowest BCUT2D eigenvalue weighted by Gasteiger charge is -2.13. The maximum absolute atomic E-state index is 13.1. The van der Waals surface area contributed by atoms with E-state index in [0.717, 1.165) is 5.56 Å². The lowest BCUT2D eigenvalue weighted by Crippen LogP contribution is -2.29. The van der Waals surface area contributed by atoms with E-state index in [1.165, 1.54) is 20.6 Å². The summed E-state index contributed by atoms with van der Waals surface area (Å²) in [6.07, 6.45) is 0.986. The van der Waals surface area contributed by atoms with Crippen molar-refractivity contribution < 1.29 is 5.11 Å². The number of rotatable bonds is 4. The molecule has 3 heterocycles. The molecule has 9 heteroatoms.